The number of nitrogens with two attached hydrogens (primary N) is 1. The Morgan fingerprint density at radius 1 is 0.735 bits per heavy atom. The van der Waals surface area contributed by atoms with Crippen LogP contribution in [-0.4, -0.2) is 115 Å². The minimum atomic E-state index is -5.32. The van der Waals surface area contributed by atoms with Crippen molar-refractivity contribution in [2.24, 2.45) is 5.73 Å². The van der Waals surface area contributed by atoms with Gasteiger partial charge in [-0.2, -0.15) is 14.3 Å². The van der Waals surface area contributed by atoms with Crippen LogP contribution in [0.5, 0.6) is 0 Å². The molecule has 10 N–H and O–H groups in total. The third-order valence-corrected chi connectivity index (χ3v) is 14.9. The number of hydrogen-bond acceptors (Lipinski definition) is 15. The number of aliphatic hydroxyl groups excluding tert-OH is 4. The predicted octanol–water partition coefficient (Wildman–Crippen LogP) is 9.41. The molecule has 1 fully saturated rings. The van der Waals surface area contributed by atoms with E-state index in [1.807, 2.05) is 0 Å². The lowest BCUT2D eigenvalue weighted by Crippen LogP contribution is -2.55. The molecule has 2 rings (SSSR count). The summed E-state index contributed by atoms with van der Waals surface area (Å²) in [4.78, 5) is 44.6. The Balaban J connectivity index is 1.78. The van der Waals surface area contributed by atoms with Crippen LogP contribution in [0.1, 0.15) is 206 Å². The van der Waals surface area contributed by atoms with E-state index in [4.69, 9.17) is 29.0 Å². The van der Waals surface area contributed by atoms with Crippen molar-refractivity contribution in [3.63, 3.8) is 0 Å². The van der Waals surface area contributed by atoms with E-state index in [1.54, 1.807) is 0 Å². The molecule has 0 radical (unpaired) electrons. The topological polar surface area (TPSA) is 272 Å². The lowest BCUT2D eigenvalue weighted by atomic mass is 10.0. The van der Waals surface area contributed by atoms with Gasteiger partial charge in [-0.3, -0.25) is 9.42 Å². The van der Waals surface area contributed by atoms with Gasteiger partial charge in [-0.05, 0) is 61.8 Å². The number of carbonyl (C=O) groups excluding carboxylic acids is 1. The van der Waals surface area contributed by atoms with E-state index >= 15 is 0 Å². The zero-order valence-corrected chi connectivity index (χ0v) is 43.4. The van der Waals surface area contributed by atoms with Crippen LogP contribution in [0.4, 0.5) is 4.79 Å². The van der Waals surface area contributed by atoms with Crippen LogP contribution in [0.25, 0.3) is 0 Å². The fourth-order valence-corrected chi connectivity index (χ4v) is 10.3. The number of phosphoric ester groups is 1. The standard InChI is InChI=1S/C48H93N3O15P2/c1-3-5-7-9-11-13-15-17-19-21-23-25-27-29-31-33-43(52)61-37-40(64-44(53)34-32-30-28-26-24-22-20-18-16-14-12-10-8-6-4-2)38-62-67(57,58)66-68(59,60)63-39-41-45(54)46(55)47(65-41)51-36-35-42(49)50-48(51)56/h18,20,35-36,40-47,52-55,57-58H,3-17,19,21-34,37-39,49H2,1-2H3,(H-,50,56,59,60)/p+1/t40?,41-,42?,43?,44?,45+,46?,47-/m1/s1. The van der Waals surface area contributed by atoms with E-state index in [2.05, 4.69) is 35.6 Å². The maximum atomic E-state index is 12.8. The minimum Gasteiger partial charge on any atom is -0.387 e. The first kappa shape index (κ1) is 63.0. The Morgan fingerprint density at radius 2 is 1.21 bits per heavy atom. The van der Waals surface area contributed by atoms with Gasteiger partial charge in [-0.25, -0.2) is 9.36 Å². The van der Waals surface area contributed by atoms with Crippen molar-refractivity contribution in [2.75, 3.05) is 19.8 Å². The highest BCUT2D eigenvalue weighted by Crippen LogP contribution is 2.65. The number of amides is 2. The van der Waals surface area contributed by atoms with Gasteiger partial charge in [0.1, 0.15) is 31.0 Å². The molecule has 0 aromatic carbocycles. The number of unbranched alkanes of at least 4 members (excludes halogenated alkanes) is 25. The highest BCUT2D eigenvalue weighted by atomic mass is 31.3. The third-order valence-electron chi connectivity index (χ3n) is 12.2. The number of nitrogens with zero attached hydrogens (tertiary/aromatic N) is 1. The molecule has 0 aromatic rings. The van der Waals surface area contributed by atoms with Crippen molar-refractivity contribution in [3.05, 3.63) is 24.4 Å². The van der Waals surface area contributed by atoms with Gasteiger partial charge in [0.25, 0.3) is 0 Å². The second-order valence-electron chi connectivity index (χ2n) is 18.5. The van der Waals surface area contributed by atoms with Crippen molar-refractivity contribution in [3.8, 4) is 0 Å². The van der Waals surface area contributed by atoms with Crippen LogP contribution in [0.3, 0.4) is 0 Å². The summed E-state index contributed by atoms with van der Waals surface area (Å²) in [6.07, 6.45) is 30.3. The highest BCUT2D eigenvalue weighted by Gasteiger charge is 2.52. The number of allylic oxidation sites excluding steroid dienone is 2. The average Bonchev–Trinajstić information content (AvgIpc) is 3.57. The molecule has 0 aliphatic carbocycles. The maximum Gasteiger partial charge on any atom is 0.580 e. The minimum absolute atomic E-state index is 0.280. The van der Waals surface area contributed by atoms with Crippen molar-refractivity contribution in [2.45, 2.75) is 256 Å². The number of ether oxygens (including phenoxy) is 3. The fraction of sp³-hybridized carbons (Fsp3) is 0.896. The molecule has 1 saturated heterocycles. The summed E-state index contributed by atoms with van der Waals surface area (Å²) in [6, 6.07) is -0.723. The van der Waals surface area contributed by atoms with Gasteiger partial charge < -0.3 is 50.6 Å². The van der Waals surface area contributed by atoms with Crippen molar-refractivity contribution < 1.29 is 72.0 Å². The van der Waals surface area contributed by atoms with Crippen molar-refractivity contribution >= 4 is 22.0 Å². The molecule has 6 unspecified atom stereocenters. The van der Waals surface area contributed by atoms with E-state index in [0.29, 0.717) is 12.8 Å². The van der Waals surface area contributed by atoms with Crippen LogP contribution < -0.4 is 11.1 Å². The number of rotatable bonds is 45. The average molecular weight is 1020 g/mol. The number of hydrogen-bond donors (Lipinski definition) is 9. The van der Waals surface area contributed by atoms with Gasteiger partial charge in [-0.15, -0.1) is 0 Å². The Labute approximate surface area is 409 Å². The second kappa shape index (κ2) is 38.5. The van der Waals surface area contributed by atoms with Gasteiger partial charge in [0.05, 0.1) is 19.4 Å². The molecular formula is C48H94N3O15P2+. The molecule has 9 atom stereocenters. The first-order chi connectivity index (χ1) is 32.7. The monoisotopic (exact) mass is 1010 g/mol. The van der Waals surface area contributed by atoms with Gasteiger partial charge in [-0.1, -0.05) is 167 Å². The third kappa shape index (κ3) is 30.7. The molecule has 2 amide bonds. The van der Waals surface area contributed by atoms with Crippen LogP contribution in [0.2, 0.25) is 0 Å². The predicted molar refractivity (Wildman–Crippen MR) is 264 cm³/mol. The normalized spacial score (nSPS) is 22.2. The Bertz CT molecular complexity index is 1370. The van der Waals surface area contributed by atoms with E-state index in [1.165, 1.54) is 121 Å². The van der Waals surface area contributed by atoms with Crippen molar-refractivity contribution in [1.82, 2.24) is 10.2 Å². The number of urea groups is 1. The van der Waals surface area contributed by atoms with Crippen LogP contribution in [-0.2, 0) is 32.1 Å². The molecule has 2 aliphatic rings. The summed E-state index contributed by atoms with van der Waals surface area (Å²) in [6.45, 7) is 2.61. The number of phosphoric acid groups is 1. The summed E-state index contributed by atoms with van der Waals surface area (Å²) >= 11 is 0. The summed E-state index contributed by atoms with van der Waals surface area (Å²) in [5, 5.41) is 44.7. The first-order valence-corrected chi connectivity index (χ1v) is 29.2. The molecule has 68 heavy (non-hydrogen) atoms. The summed E-state index contributed by atoms with van der Waals surface area (Å²) in [5.74, 6) is 0. The molecular weight excluding hydrogens is 920 g/mol. The van der Waals surface area contributed by atoms with Crippen LogP contribution in [0.15, 0.2) is 24.4 Å². The fourth-order valence-electron chi connectivity index (χ4n) is 8.14. The van der Waals surface area contributed by atoms with E-state index in [9.17, 15) is 44.5 Å². The Hall–Kier alpha value is -1.15. The Kier molecular flexibility index (Phi) is 35.6. The van der Waals surface area contributed by atoms with E-state index in [0.717, 1.165) is 69.1 Å². The van der Waals surface area contributed by atoms with Gasteiger partial charge in [0.15, 0.2) is 18.8 Å². The lowest BCUT2D eigenvalue weighted by molar-refractivity contribution is -0.191. The summed E-state index contributed by atoms with van der Waals surface area (Å²) in [5.41, 5.74) is 5.65. The molecule has 20 heteroatoms. The number of nitrogens with one attached hydrogen (secondary N) is 1. The van der Waals surface area contributed by atoms with Gasteiger partial charge in [0.2, 0.25) is 0 Å². The molecule has 2 heterocycles. The lowest BCUT2D eigenvalue weighted by Gasteiger charge is -2.31. The maximum absolute atomic E-state index is 12.8. The smallest absolute Gasteiger partial charge is 0.387 e. The van der Waals surface area contributed by atoms with Crippen molar-refractivity contribution in [1.29, 1.82) is 0 Å². The summed E-state index contributed by atoms with van der Waals surface area (Å²) in [7, 11) is -10.4. The second-order valence-corrected chi connectivity index (χ2v) is 21.6. The number of aliphatic hydroxyl groups is 4. The SMILES string of the molecule is CCCCCCCCC=CCCCCCCCC(O)OC(COC(O)CCCCCCCCCCCCCCCCC)CO[P+](O)(O)OP(=O)(O)OC[C@H]1O[C@@H](N2C=CC(N)NC2=O)C(O)[C@H]1O. The van der Waals surface area contributed by atoms with Gasteiger partial charge >= 0.3 is 22.0 Å². The van der Waals surface area contributed by atoms with Crippen LogP contribution >= 0.6 is 16.0 Å². The molecule has 400 valence electrons. The first-order valence-electron chi connectivity index (χ1n) is 26.2. The van der Waals surface area contributed by atoms with Gasteiger partial charge in [0, 0.05) is 6.20 Å². The Morgan fingerprint density at radius 3 is 1.71 bits per heavy atom. The largest absolute Gasteiger partial charge is 0.580 e. The zero-order valence-electron chi connectivity index (χ0n) is 41.6. The number of carbonyl (C=O) groups is 1. The van der Waals surface area contributed by atoms with E-state index in [-0.39, 0.29) is 13.0 Å². The molecule has 18 nitrogen and oxygen atoms in total. The quantitative estimate of drug-likeness (QED) is 0.0119. The molecule has 0 saturated carbocycles. The van der Waals surface area contributed by atoms with E-state index < -0.39 is 84.6 Å². The highest BCUT2D eigenvalue weighted by molar-refractivity contribution is 7.65. The summed E-state index contributed by atoms with van der Waals surface area (Å²) < 4.78 is 44.2. The molecule has 0 spiro atoms. The molecule has 0 bridgehead atoms. The molecule has 2 aliphatic heterocycles. The molecule has 0 aromatic heterocycles. The zero-order chi connectivity index (χ0) is 49.9. The van der Waals surface area contributed by atoms with Crippen LogP contribution in [0, 0.1) is 0 Å².